The quantitative estimate of drug-likeness (QED) is 0.805. The highest BCUT2D eigenvalue weighted by Crippen LogP contribution is 2.38. The Balaban J connectivity index is 2.34. The maximum Gasteiger partial charge on any atom is 0.263 e. The lowest BCUT2D eigenvalue weighted by Gasteiger charge is -2.24. The summed E-state index contributed by atoms with van der Waals surface area (Å²) in [5.41, 5.74) is 10.8. The molecule has 21 heavy (non-hydrogen) atoms. The first-order chi connectivity index (χ1) is 9.71. The summed E-state index contributed by atoms with van der Waals surface area (Å²) in [6, 6.07) is 5.39. The third kappa shape index (κ3) is 3.28. The van der Waals surface area contributed by atoms with Crippen LogP contribution in [0, 0.1) is 0 Å². The van der Waals surface area contributed by atoms with Gasteiger partial charge in [-0.3, -0.25) is 9.59 Å². The van der Waals surface area contributed by atoms with Crippen molar-refractivity contribution in [3.05, 3.63) is 28.1 Å². The number of nitrogens with one attached hydrogen (secondary N) is 1. The summed E-state index contributed by atoms with van der Waals surface area (Å²) < 4.78 is 0.845. The van der Waals surface area contributed by atoms with E-state index < -0.39 is 11.4 Å². The molecule has 0 saturated heterocycles. The molecule has 5 nitrogen and oxygen atoms in total. The number of benzene rings is 1. The van der Waals surface area contributed by atoms with Crippen molar-refractivity contribution in [3.8, 4) is 0 Å². The van der Waals surface area contributed by atoms with Crippen LogP contribution in [0.2, 0.25) is 5.02 Å². The summed E-state index contributed by atoms with van der Waals surface area (Å²) in [4.78, 5) is 23.8. The van der Waals surface area contributed by atoms with Crippen molar-refractivity contribution in [1.29, 1.82) is 0 Å². The molecule has 0 aliphatic heterocycles. The molecule has 0 atom stereocenters. The lowest BCUT2D eigenvalue weighted by molar-refractivity contribution is -0.119. The fourth-order valence-electron chi connectivity index (χ4n) is 2.14. The second kappa shape index (κ2) is 5.54. The summed E-state index contributed by atoms with van der Waals surface area (Å²) in [5, 5.41) is 3.97. The lowest BCUT2D eigenvalue weighted by atomic mass is 10.00. The zero-order valence-electron chi connectivity index (χ0n) is 11.7. The number of amides is 2. The van der Waals surface area contributed by atoms with Crippen molar-refractivity contribution < 1.29 is 9.59 Å². The summed E-state index contributed by atoms with van der Waals surface area (Å²) in [6.45, 7) is 3.46. The molecule has 0 fully saturated rings. The standard InChI is InChI=1S/C14H16ClN3O2S/c1-14(2,6-9(16)19)18-13(20)12-11(17)10-7(15)4-3-5-8(10)21-12/h3-5H,6,17H2,1-2H3,(H2,16,19)(H,18,20). The highest BCUT2D eigenvalue weighted by atomic mass is 35.5. The number of carbonyl (C=O) groups excluding carboxylic acids is 2. The molecule has 7 heteroatoms. The highest BCUT2D eigenvalue weighted by molar-refractivity contribution is 7.21. The Morgan fingerprint density at radius 3 is 2.62 bits per heavy atom. The predicted molar refractivity (Wildman–Crippen MR) is 86.6 cm³/mol. The van der Waals surface area contributed by atoms with E-state index in [1.165, 1.54) is 11.3 Å². The molecule has 112 valence electrons. The first-order valence-corrected chi connectivity index (χ1v) is 7.48. The normalized spacial score (nSPS) is 11.6. The van der Waals surface area contributed by atoms with Crippen molar-refractivity contribution in [2.75, 3.05) is 5.73 Å². The predicted octanol–water partition coefficient (Wildman–Crippen LogP) is 2.52. The molecule has 0 spiro atoms. The Morgan fingerprint density at radius 1 is 1.38 bits per heavy atom. The maximum atomic E-state index is 12.4. The highest BCUT2D eigenvalue weighted by Gasteiger charge is 2.26. The van der Waals surface area contributed by atoms with Gasteiger partial charge in [0.15, 0.2) is 0 Å². The second-order valence-corrected chi connectivity index (χ2v) is 6.90. The molecule has 2 rings (SSSR count). The average molecular weight is 326 g/mol. The van der Waals surface area contributed by atoms with Crippen molar-refractivity contribution in [3.63, 3.8) is 0 Å². The number of halogens is 1. The van der Waals surface area contributed by atoms with Crippen LogP contribution in [0.25, 0.3) is 10.1 Å². The molecule has 1 aromatic carbocycles. The smallest absolute Gasteiger partial charge is 0.263 e. The van der Waals surface area contributed by atoms with E-state index in [9.17, 15) is 9.59 Å². The van der Waals surface area contributed by atoms with Crippen LogP contribution in [0.15, 0.2) is 18.2 Å². The first kappa shape index (κ1) is 15.6. The zero-order valence-corrected chi connectivity index (χ0v) is 13.3. The third-order valence-corrected chi connectivity index (χ3v) is 4.46. The van der Waals surface area contributed by atoms with Gasteiger partial charge in [-0.15, -0.1) is 11.3 Å². The second-order valence-electron chi connectivity index (χ2n) is 5.44. The Labute approximate surface area is 131 Å². The van der Waals surface area contributed by atoms with Crippen LogP contribution in [0.3, 0.4) is 0 Å². The van der Waals surface area contributed by atoms with E-state index in [0.717, 1.165) is 4.70 Å². The molecular weight excluding hydrogens is 310 g/mol. The Bertz CT molecular complexity index is 724. The van der Waals surface area contributed by atoms with E-state index in [-0.39, 0.29) is 12.3 Å². The number of fused-ring (bicyclic) bond motifs is 1. The summed E-state index contributed by atoms with van der Waals surface area (Å²) in [7, 11) is 0. The van der Waals surface area contributed by atoms with Crippen LogP contribution in [0.5, 0.6) is 0 Å². The van der Waals surface area contributed by atoms with Gasteiger partial charge in [0.2, 0.25) is 5.91 Å². The van der Waals surface area contributed by atoms with Gasteiger partial charge >= 0.3 is 0 Å². The molecule has 2 aromatic rings. The van der Waals surface area contributed by atoms with Crippen molar-refractivity contribution in [2.45, 2.75) is 25.8 Å². The van der Waals surface area contributed by atoms with Crippen LogP contribution < -0.4 is 16.8 Å². The summed E-state index contributed by atoms with van der Waals surface area (Å²) in [6.07, 6.45) is 0.0459. The maximum absolute atomic E-state index is 12.4. The number of thiophene rings is 1. The van der Waals surface area contributed by atoms with Crippen LogP contribution in [0.1, 0.15) is 29.9 Å². The molecule has 1 aromatic heterocycles. The van der Waals surface area contributed by atoms with E-state index in [0.29, 0.717) is 21.0 Å². The van der Waals surface area contributed by atoms with Gasteiger partial charge in [0, 0.05) is 22.0 Å². The van der Waals surface area contributed by atoms with Crippen LogP contribution in [0.4, 0.5) is 5.69 Å². The minimum absolute atomic E-state index is 0.0459. The molecule has 5 N–H and O–H groups in total. The molecule has 0 aliphatic carbocycles. The van der Waals surface area contributed by atoms with Crippen molar-refractivity contribution >= 4 is 50.5 Å². The number of nitrogen functional groups attached to an aromatic ring is 1. The monoisotopic (exact) mass is 325 g/mol. The van der Waals surface area contributed by atoms with Gasteiger partial charge in [-0.2, -0.15) is 0 Å². The number of hydrogen-bond donors (Lipinski definition) is 3. The van der Waals surface area contributed by atoms with E-state index >= 15 is 0 Å². The molecular formula is C14H16ClN3O2S. The number of anilines is 1. The Hall–Kier alpha value is -1.79. The van der Waals surface area contributed by atoms with Crippen LogP contribution in [-0.2, 0) is 4.79 Å². The number of carbonyl (C=O) groups is 2. The molecule has 0 unspecified atom stereocenters. The molecule has 0 aliphatic rings. The summed E-state index contributed by atoms with van der Waals surface area (Å²) in [5.74, 6) is -0.816. The molecule has 2 amide bonds. The Morgan fingerprint density at radius 2 is 2.05 bits per heavy atom. The SMILES string of the molecule is CC(C)(CC(N)=O)NC(=O)c1sc2cccc(Cl)c2c1N. The minimum Gasteiger partial charge on any atom is -0.397 e. The number of primary amides is 1. The van der Waals surface area contributed by atoms with Gasteiger partial charge in [-0.1, -0.05) is 17.7 Å². The van der Waals surface area contributed by atoms with E-state index in [4.69, 9.17) is 23.1 Å². The van der Waals surface area contributed by atoms with Gasteiger partial charge in [0.1, 0.15) is 4.88 Å². The van der Waals surface area contributed by atoms with Gasteiger partial charge in [0.05, 0.1) is 10.7 Å². The largest absolute Gasteiger partial charge is 0.397 e. The third-order valence-electron chi connectivity index (χ3n) is 2.98. The van der Waals surface area contributed by atoms with Gasteiger partial charge in [-0.05, 0) is 26.0 Å². The average Bonchev–Trinajstić information content (AvgIpc) is 2.65. The number of rotatable bonds is 4. The zero-order chi connectivity index (χ0) is 15.8. The fraction of sp³-hybridized carbons (Fsp3) is 0.286. The molecule has 1 heterocycles. The fourth-order valence-corrected chi connectivity index (χ4v) is 3.52. The number of hydrogen-bond acceptors (Lipinski definition) is 4. The van der Waals surface area contributed by atoms with E-state index in [1.807, 2.05) is 6.07 Å². The Kier molecular flexibility index (Phi) is 4.11. The minimum atomic E-state index is -0.741. The van der Waals surface area contributed by atoms with Crippen molar-refractivity contribution in [1.82, 2.24) is 5.32 Å². The van der Waals surface area contributed by atoms with Gasteiger partial charge in [-0.25, -0.2) is 0 Å². The molecule has 0 bridgehead atoms. The van der Waals surface area contributed by atoms with E-state index in [2.05, 4.69) is 5.32 Å². The number of nitrogens with two attached hydrogens (primary N) is 2. The molecule has 0 saturated carbocycles. The van der Waals surface area contributed by atoms with E-state index in [1.54, 1.807) is 26.0 Å². The molecule has 0 radical (unpaired) electrons. The van der Waals surface area contributed by atoms with Gasteiger partial charge in [0.25, 0.3) is 5.91 Å². The van der Waals surface area contributed by atoms with Crippen LogP contribution in [-0.4, -0.2) is 17.4 Å². The van der Waals surface area contributed by atoms with Crippen LogP contribution >= 0.6 is 22.9 Å². The topological polar surface area (TPSA) is 98.2 Å². The first-order valence-electron chi connectivity index (χ1n) is 6.28. The van der Waals surface area contributed by atoms with Crippen molar-refractivity contribution in [2.24, 2.45) is 5.73 Å². The lowest BCUT2D eigenvalue weighted by Crippen LogP contribution is -2.45. The summed E-state index contributed by atoms with van der Waals surface area (Å²) >= 11 is 7.38. The van der Waals surface area contributed by atoms with Gasteiger partial charge < -0.3 is 16.8 Å².